The van der Waals surface area contributed by atoms with E-state index in [0.29, 0.717) is 0 Å². The van der Waals surface area contributed by atoms with Crippen LogP contribution in [0.4, 0.5) is 0 Å². The van der Waals surface area contributed by atoms with Crippen molar-refractivity contribution < 1.29 is 9.90 Å². The van der Waals surface area contributed by atoms with E-state index in [4.69, 9.17) is 4.98 Å². The number of hydrogen-bond acceptors (Lipinski definition) is 5. The lowest BCUT2D eigenvalue weighted by atomic mass is 9.98. The molecule has 0 spiro atoms. The molecule has 5 nitrogen and oxygen atoms in total. The van der Waals surface area contributed by atoms with E-state index in [0.717, 1.165) is 36.9 Å². The number of carbonyl (C=O) groups is 1. The smallest absolute Gasteiger partial charge is 0.305 e. The predicted octanol–water partition coefficient (Wildman–Crippen LogP) is 2.20. The summed E-state index contributed by atoms with van der Waals surface area (Å²) in [5, 5.41) is 12.3. The van der Waals surface area contributed by atoms with Crippen molar-refractivity contribution in [3.63, 3.8) is 0 Å². The first kappa shape index (κ1) is 16.4. The van der Waals surface area contributed by atoms with Crippen LogP contribution in [0.15, 0.2) is 5.38 Å². The van der Waals surface area contributed by atoms with Gasteiger partial charge in [-0.05, 0) is 7.05 Å². The molecule has 0 aliphatic carbocycles. The second kappa shape index (κ2) is 6.42. The molecular formula is C15H25N3O2S. The molecule has 6 heteroatoms. The monoisotopic (exact) mass is 311 g/mol. The van der Waals surface area contributed by atoms with Gasteiger partial charge < -0.3 is 10.0 Å². The quantitative estimate of drug-likeness (QED) is 0.924. The molecule has 21 heavy (non-hydrogen) atoms. The first-order valence-electron chi connectivity index (χ1n) is 7.37. The van der Waals surface area contributed by atoms with E-state index < -0.39 is 5.97 Å². The summed E-state index contributed by atoms with van der Waals surface area (Å²) < 4.78 is 0. The zero-order valence-corrected chi connectivity index (χ0v) is 14.1. The van der Waals surface area contributed by atoms with E-state index in [-0.39, 0.29) is 17.9 Å². The third kappa shape index (κ3) is 4.25. The number of carboxylic acids is 1. The summed E-state index contributed by atoms with van der Waals surface area (Å²) >= 11 is 1.64. The Kier molecular flexibility index (Phi) is 5.01. The molecule has 1 unspecified atom stereocenters. The van der Waals surface area contributed by atoms with E-state index in [9.17, 15) is 9.90 Å². The molecule has 1 fully saturated rings. The van der Waals surface area contributed by atoms with Gasteiger partial charge in [0, 0.05) is 37.0 Å². The Labute approximate surface area is 130 Å². The highest BCUT2D eigenvalue weighted by Crippen LogP contribution is 2.31. The first-order valence-corrected chi connectivity index (χ1v) is 8.25. The fourth-order valence-electron chi connectivity index (χ4n) is 2.50. The van der Waals surface area contributed by atoms with Crippen LogP contribution in [-0.4, -0.2) is 59.1 Å². The standard InChI is InChI=1S/C15H25N3O2S/c1-15(2,3)14-16-11(10-21-14)12(9-13(19)20)18-7-5-17(4)6-8-18/h10,12H,5-9H2,1-4H3,(H,19,20). The third-order valence-corrected chi connectivity index (χ3v) is 5.14. The molecule has 0 bridgehead atoms. The molecule has 0 saturated carbocycles. The van der Waals surface area contributed by atoms with Crippen molar-refractivity contribution in [2.24, 2.45) is 0 Å². The normalized spacial score (nSPS) is 19.6. The summed E-state index contributed by atoms with van der Waals surface area (Å²) in [5.74, 6) is -0.760. The van der Waals surface area contributed by atoms with Gasteiger partial charge in [-0.3, -0.25) is 9.69 Å². The number of thiazole rings is 1. The first-order chi connectivity index (χ1) is 9.77. The number of likely N-dealkylation sites (N-methyl/N-ethyl adjacent to an activating group) is 1. The van der Waals surface area contributed by atoms with Crippen LogP contribution in [0, 0.1) is 0 Å². The molecule has 1 aromatic rings. The Morgan fingerprint density at radius 1 is 1.38 bits per heavy atom. The van der Waals surface area contributed by atoms with Crippen molar-refractivity contribution in [1.29, 1.82) is 0 Å². The van der Waals surface area contributed by atoms with Crippen LogP contribution in [0.5, 0.6) is 0 Å². The van der Waals surface area contributed by atoms with Gasteiger partial charge in [0.25, 0.3) is 0 Å². The minimum absolute atomic E-state index is 0.0127. The van der Waals surface area contributed by atoms with Crippen LogP contribution in [0.3, 0.4) is 0 Å². The maximum atomic E-state index is 11.2. The Morgan fingerprint density at radius 3 is 2.48 bits per heavy atom. The summed E-state index contributed by atoms with van der Waals surface area (Å²) in [7, 11) is 2.10. The van der Waals surface area contributed by atoms with Gasteiger partial charge in [0.05, 0.1) is 23.2 Å². The van der Waals surface area contributed by atoms with Gasteiger partial charge in [0.15, 0.2) is 0 Å². The van der Waals surface area contributed by atoms with Crippen LogP contribution in [0.2, 0.25) is 0 Å². The van der Waals surface area contributed by atoms with Crippen LogP contribution in [0.25, 0.3) is 0 Å². The molecule has 0 aromatic carbocycles. The Morgan fingerprint density at radius 2 is 2.00 bits per heavy atom. The summed E-state index contributed by atoms with van der Waals surface area (Å²) in [5.41, 5.74) is 0.926. The molecule has 118 valence electrons. The van der Waals surface area contributed by atoms with Crippen LogP contribution < -0.4 is 0 Å². The van der Waals surface area contributed by atoms with Crippen molar-refractivity contribution in [1.82, 2.24) is 14.8 Å². The van der Waals surface area contributed by atoms with E-state index in [1.807, 2.05) is 5.38 Å². The van der Waals surface area contributed by atoms with Gasteiger partial charge in [-0.1, -0.05) is 20.8 Å². The molecule has 2 heterocycles. The van der Waals surface area contributed by atoms with E-state index in [1.54, 1.807) is 11.3 Å². The molecule has 1 aromatic heterocycles. The van der Waals surface area contributed by atoms with Gasteiger partial charge in [0.2, 0.25) is 0 Å². The number of piperazine rings is 1. The van der Waals surface area contributed by atoms with E-state index >= 15 is 0 Å². The number of hydrogen-bond donors (Lipinski definition) is 1. The second-order valence-electron chi connectivity index (χ2n) is 6.78. The molecule has 1 atom stereocenters. The van der Waals surface area contributed by atoms with Gasteiger partial charge in [-0.15, -0.1) is 11.3 Å². The van der Waals surface area contributed by atoms with E-state index in [1.165, 1.54) is 0 Å². The van der Waals surface area contributed by atoms with Crippen molar-refractivity contribution in [2.45, 2.75) is 38.6 Å². The third-order valence-electron chi connectivity index (χ3n) is 3.85. The molecule has 1 aliphatic rings. The minimum atomic E-state index is -0.760. The van der Waals surface area contributed by atoms with Crippen LogP contribution >= 0.6 is 11.3 Å². The van der Waals surface area contributed by atoms with Crippen molar-refractivity contribution in [3.05, 3.63) is 16.1 Å². The number of nitrogens with zero attached hydrogens (tertiary/aromatic N) is 3. The Bertz CT molecular complexity index is 487. The maximum Gasteiger partial charge on any atom is 0.305 e. The van der Waals surface area contributed by atoms with Gasteiger partial charge in [0.1, 0.15) is 0 Å². The summed E-state index contributed by atoms with van der Waals surface area (Å²) in [6, 6.07) is -0.108. The lowest BCUT2D eigenvalue weighted by Gasteiger charge is -2.36. The summed E-state index contributed by atoms with van der Waals surface area (Å²) in [6.07, 6.45) is 0.122. The fraction of sp³-hybridized carbons (Fsp3) is 0.733. The fourth-order valence-corrected chi connectivity index (χ4v) is 3.46. The highest BCUT2D eigenvalue weighted by atomic mass is 32.1. The van der Waals surface area contributed by atoms with Crippen molar-refractivity contribution in [2.75, 3.05) is 33.2 Å². The largest absolute Gasteiger partial charge is 0.481 e. The predicted molar refractivity (Wildman–Crippen MR) is 84.9 cm³/mol. The number of aromatic nitrogens is 1. The zero-order chi connectivity index (χ0) is 15.6. The molecule has 1 saturated heterocycles. The highest BCUT2D eigenvalue weighted by Gasteiger charge is 2.29. The van der Waals surface area contributed by atoms with Gasteiger partial charge in [-0.25, -0.2) is 4.98 Å². The molecular weight excluding hydrogens is 286 g/mol. The zero-order valence-electron chi connectivity index (χ0n) is 13.3. The minimum Gasteiger partial charge on any atom is -0.481 e. The second-order valence-corrected chi connectivity index (χ2v) is 7.64. The maximum absolute atomic E-state index is 11.2. The Balaban J connectivity index is 2.19. The molecule has 2 rings (SSSR count). The molecule has 1 N–H and O–H groups in total. The average Bonchev–Trinajstić information content (AvgIpc) is 2.86. The average molecular weight is 311 g/mol. The highest BCUT2D eigenvalue weighted by molar-refractivity contribution is 7.09. The molecule has 1 aliphatic heterocycles. The SMILES string of the molecule is CN1CCN(C(CC(=O)O)c2csc(C(C)(C)C)n2)CC1. The summed E-state index contributed by atoms with van der Waals surface area (Å²) in [6.45, 7) is 10.2. The van der Waals surface area contributed by atoms with Crippen LogP contribution in [-0.2, 0) is 10.2 Å². The van der Waals surface area contributed by atoms with Crippen molar-refractivity contribution in [3.8, 4) is 0 Å². The van der Waals surface area contributed by atoms with Crippen molar-refractivity contribution >= 4 is 17.3 Å². The molecule has 0 radical (unpaired) electrons. The number of aliphatic carboxylic acids is 1. The summed E-state index contributed by atoms with van der Waals surface area (Å²) in [4.78, 5) is 20.5. The number of rotatable bonds is 4. The Hall–Kier alpha value is -0.980. The lowest BCUT2D eigenvalue weighted by Crippen LogP contribution is -2.46. The topological polar surface area (TPSA) is 56.7 Å². The van der Waals surface area contributed by atoms with Gasteiger partial charge in [-0.2, -0.15) is 0 Å². The van der Waals surface area contributed by atoms with E-state index in [2.05, 4.69) is 37.6 Å². The van der Waals surface area contributed by atoms with Gasteiger partial charge >= 0.3 is 5.97 Å². The number of carboxylic acid groups (broad SMARTS) is 1. The molecule has 0 amide bonds. The van der Waals surface area contributed by atoms with Crippen LogP contribution in [0.1, 0.15) is 43.9 Å². The lowest BCUT2D eigenvalue weighted by molar-refractivity contribution is -0.138.